The molecule has 14 heteroatoms. The molecule has 2 aromatic carbocycles. The summed E-state index contributed by atoms with van der Waals surface area (Å²) in [5.41, 5.74) is -5.69. The molecule has 0 unspecified atom stereocenters. The van der Waals surface area contributed by atoms with Crippen molar-refractivity contribution in [2.45, 2.75) is 17.8 Å². The number of imidazole rings is 2. The average Bonchev–Trinajstić information content (AvgIpc) is 3.53. The Morgan fingerprint density at radius 2 is 1.15 bits per heavy atom. The van der Waals surface area contributed by atoms with Gasteiger partial charge in [0.25, 0.3) is 0 Å². The van der Waals surface area contributed by atoms with E-state index < -0.39 is 35.1 Å². The number of hydrogen-bond donors (Lipinski definition) is 0. The minimum absolute atomic E-state index is 0. The van der Waals surface area contributed by atoms with Crippen molar-refractivity contribution in [1.29, 1.82) is 0 Å². The molecule has 0 amide bonds. The molecule has 0 saturated heterocycles. The molecule has 0 atom stereocenters. The van der Waals surface area contributed by atoms with Crippen molar-refractivity contribution < 1.29 is 47.4 Å². The Balaban J connectivity index is 0.00000323. The van der Waals surface area contributed by atoms with Crippen molar-refractivity contribution in [2.24, 2.45) is 0 Å². The number of fused-ring (bicyclic) bond motifs is 2. The van der Waals surface area contributed by atoms with Gasteiger partial charge in [0, 0.05) is 18.9 Å². The van der Waals surface area contributed by atoms with Gasteiger partial charge in [0.05, 0.1) is 17.2 Å². The predicted octanol–water partition coefficient (Wildman–Crippen LogP) is 5.56. The Morgan fingerprint density at radius 3 is 1.77 bits per heavy atom. The molecule has 0 aliphatic carbocycles. The molecule has 40 heavy (non-hydrogen) atoms. The third kappa shape index (κ3) is 4.16. The molecule has 6 aromatic rings. The van der Waals surface area contributed by atoms with Crippen molar-refractivity contribution >= 4 is 22.1 Å². The normalized spacial score (nSPS) is 12.6. The van der Waals surface area contributed by atoms with Gasteiger partial charge in [0.2, 0.25) is 5.41 Å². The van der Waals surface area contributed by atoms with Crippen LogP contribution in [0.3, 0.4) is 0 Å². The van der Waals surface area contributed by atoms with Crippen LogP contribution in [0, 0.1) is 12.7 Å². The van der Waals surface area contributed by atoms with E-state index in [1.165, 1.54) is 10.6 Å². The van der Waals surface area contributed by atoms with Crippen LogP contribution in [0.4, 0.5) is 26.3 Å². The second-order valence-electron chi connectivity index (χ2n) is 8.44. The first-order valence-electron chi connectivity index (χ1n) is 11.3. The van der Waals surface area contributed by atoms with Crippen molar-refractivity contribution in [1.82, 2.24) is 34.1 Å². The van der Waals surface area contributed by atoms with Gasteiger partial charge < -0.3 is 19.1 Å². The summed E-state index contributed by atoms with van der Waals surface area (Å²) < 4.78 is 91.2. The molecule has 0 fully saturated rings. The standard InChI is InChI=1S/C26H13F6N7.Pt/c27-25(28,29)24(26(30,31)32,20-10-5-11-22(36-20)38-14-34-16-6-1-3-8-18(16)38)21-12-13-33-23(37-21)39-15-35-17-7-2-4-9-19(17)39;/h1-13H;/q-2;+2. The first kappa shape index (κ1) is 27.4. The van der Waals surface area contributed by atoms with E-state index in [4.69, 9.17) is 0 Å². The van der Waals surface area contributed by atoms with Gasteiger partial charge in [-0.3, -0.25) is 15.0 Å². The van der Waals surface area contributed by atoms with Crippen molar-refractivity contribution in [2.75, 3.05) is 0 Å². The minimum Gasteiger partial charge on any atom is -0.411 e. The molecular formula is C26H13F6N7Pt. The molecule has 0 bridgehead atoms. The van der Waals surface area contributed by atoms with Crippen LogP contribution in [-0.4, -0.2) is 46.4 Å². The van der Waals surface area contributed by atoms with Gasteiger partial charge in [-0.2, -0.15) is 26.3 Å². The zero-order valence-electron chi connectivity index (χ0n) is 19.7. The van der Waals surface area contributed by atoms with Crippen LogP contribution in [0.2, 0.25) is 0 Å². The van der Waals surface area contributed by atoms with Gasteiger partial charge in [0.15, 0.2) is 0 Å². The Bertz CT molecular complexity index is 1690. The number of pyridine rings is 1. The van der Waals surface area contributed by atoms with Crippen molar-refractivity contribution in [3.05, 3.63) is 103 Å². The smallest absolute Gasteiger partial charge is 0.411 e. The number of rotatable bonds is 4. The van der Waals surface area contributed by atoms with Gasteiger partial charge in [0.1, 0.15) is 5.95 Å². The molecule has 0 N–H and O–H groups in total. The molecule has 0 spiro atoms. The van der Waals surface area contributed by atoms with E-state index in [-0.39, 0.29) is 26.9 Å². The SMILES string of the molecule is FC(F)(F)C(c1cccc(-n2[c-]nc3ccccc32)n1)(c1ccnc(-n2[c-]nc3ccccc32)n1)C(F)(F)F.[Pt+2]. The third-order valence-corrected chi connectivity index (χ3v) is 6.21. The number of para-hydroxylation sites is 4. The summed E-state index contributed by atoms with van der Waals surface area (Å²) in [4.78, 5) is 19.5. The van der Waals surface area contributed by atoms with Crippen LogP contribution in [0.25, 0.3) is 33.8 Å². The maximum atomic E-state index is 14.8. The van der Waals surface area contributed by atoms with Gasteiger partial charge in [-0.15, -0.1) is 0 Å². The number of benzene rings is 2. The minimum atomic E-state index is -5.90. The monoisotopic (exact) mass is 732 g/mol. The molecule has 4 aromatic heterocycles. The first-order valence-corrected chi connectivity index (χ1v) is 11.3. The zero-order valence-corrected chi connectivity index (χ0v) is 22.0. The summed E-state index contributed by atoms with van der Waals surface area (Å²) >= 11 is 0. The molecule has 6 rings (SSSR count). The zero-order chi connectivity index (χ0) is 27.4. The molecule has 204 valence electrons. The Morgan fingerprint density at radius 1 is 0.600 bits per heavy atom. The fraction of sp³-hybridized carbons (Fsp3) is 0.115. The third-order valence-electron chi connectivity index (χ3n) is 6.21. The van der Waals surface area contributed by atoms with Crippen LogP contribution in [0.5, 0.6) is 0 Å². The fourth-order valence-corrected chi connectivity index (χ4v) is 4.43. The van der Waals surface area contributed by atoms with Crippen molar-refractivity contribution in [3.8, 4) is 11.8 Å². The quantitative estimate of drug-likeness (QED) is 0.176. The second kappa shape index (κ2) is 9.81. The Kier molecular flexibility index (Phi) is 6.73. The molecule has 0 aliphatic heterocycles. The Labute approximate surface area is 235 Å². The molecule has 0 aliphatic rings. The van der Waals surface area contributed by atoms with E-state index in [0.29, 0.717) is 34.2 Å². The molecule has 0 radical (unpaired) electrons. The molecular weight excluding hydrogens is 719 g/mol. The maximum absolute atomic E-state index is 14.8. The van der Waals surface area contributed by atoms with Crippen LogP contribution >= 0.6 is 0 Å². The number of hydrogen-bond acceptors (Lipinski definition) is 5. The van der Waals surface area contributed by atoms with Crippen LogP contribution in [0.1, 0.15) is 11.4 Å². The first-order chi connectivity index (χ1) is 18.6. The topological polar surface area (TPSA) is 74.3 Å². The second-order valence-corrected chi connectivity index (χ2v) is 8.44. The maximum Gasteiger partial charge on any atom is 2.00 e. The molecule has 0 saturated carbocycles. The Hall–Kier alpha value is -4.12. The van der Waals surface area contributed by atoms with E-state index in [0.717, 1.165) is 16.8 Å². The van der Waals surface area contributed by atoms with Crippen LogP contribution < -0.4 is 0 Å². The van der Waals surface area contributed by atoms with Gasteiger partial charge >= 0.3 is 33.4 Å². The van der Waals surface area contributed by atoms with E-state index in [2.05, 4.69) is 37.6 Å². The average molecular weight is 733 g/mol. The fourth-order valence-electron chi connectivity index (χ4n) is 4.43. The molecule has 7 nitrogen and oxygen atoms in total. The van der Waals surface area contributed by atoms with Gasteiger partial charge in [-0.1, -0.05) is 66.2 Å². The van der Waals surface area contributed by atoms with Crippen LogP contribution in [-0.2, 0) is 26.5 Å². The number of nitrogens with zero attached hydrogens (tertiary/aromatic N) is 7. The number of alkyl halides is 6. The predicted molar refractivity (Wildman–Crippen MR) is 126 cm³/mol. The van der Waals surface area contributed by atoms with Gasteiger partial charge in [-0.05, 0) is 28.7 Å². The summed E-state index contributed by atoms with van der Waals surface area (Å²) in [5.74, 6) is -0.702. The summed E-state index contributed by atoms with van der Waals surface area (Å²) in [5, 5.41) is 0. The van der Waals surface area contributed by atoms with E-state index in [1.807, 2.05) is 0 Å². The van der Waals surface area contributed by atoms with E-state index in [1.54, 1.807) is 48.5 Å². The summed E-state index contributed by atoms with van der Waals surface area (Å²) in [7, 11) is 0. The van der Waals surface area contributed by atoms with E-state index in [9.17, 15) is 26.3 Å². The summed E-state index contributed by atoms with van der Waals surface area (Å²) in [6, 6.07) is 16.6. The summed E-state index contributed by atoms with van der Waals surface area (Å²) in [6.45, 7) is 0. The van der Waals surface area contributed by atoms with Gasteiger partial charge in [-0.25, -0.2) is 0 Å². The number of aromatic nitrogens is 7. The largest absolute Gasteiger partial charge is 2.00 e. The van der Waals surface area contributed by atoms with Crippen LogP contribution in [0.15, 0.2) is 79.0 Å². The molecule has 4 heterocycles. The summed E-state index contributed by atoms with van der Waals surface area (Å²) in [6.07, 6.45) is -5.88. The van der Waals surface area contributed by atoms with E-state index >= 15 is 0 Å². The number of halogens is 6. The van der Waals surface area contributed by atoms with Crippen molar-refractivity contribution in [3.63, 3.8) is 0 Å².